The lowest BCUT2D eigenvalue weighted by atomic mass is 9.94. The van der Waals surface area contributed by atoms with Crippen LogP contribution in [0.15, 0.2) is 94.4 Å². The lowest BCUT2D eigenvalue weighted by molar-refractivity contribution is -0.384. The van der Waals surface area contributed by atoms with E-state index in [0.717, 1.165) is 44.3 Å². The van der Waals surface area contributed by atoms with Crippen LogP contribution in [0.2, 0.25) is 0 Å². The van der Waals surface area contributed by atoms with Crippen molar-refractivity contribution in [1.29, 1.82) is 0 Å². The second-order valence-corrected chi connectivity index (χ2v) is 17.9. The van der Waals surface area contributed by atoms with Gasteiger partial charge in [0.1, 0.15) is 16.1 Å². The average molecular weight is 845 g/mol. The normalized spacial score (nSPS) is 13.3. The molecular formula is C37H36N10O6S4. The first kappa shape index (κ1) is 39.7. The monoisotopic (exact) mass is 844 g/mol. The van der Waals surface area contributed by atoms with Crippen LogP contribution in [0.25, 0.3) is 10.2 Å². The molecule has 6 aromatic rings. The molecule has 0 spiro atoms. The van der Waals surface area contributed by atoms with Crippen molar-refractivity contribution in [3.63, 3.8) is 0 Å². The smallest absolute Gasteiger partial charge is 0.312 e. The number of anilines is 3. The highest BCUT2D eigenvalue weighted by atomic mass is 32.2. The molecule has 5 heterocycles. The van der Waals surface area contributed by atoms with Crippen molar-refractivity contribution in [3.05, 3.63) is 117 Å². The van der Waals surface area contributed by atoms with Crippen LogP contribution in [0.3, 0.4) is 0 Å². The molecule has 0 unspecified atom stereocenters. The zero-order chi connectivity index (χ0) is 40.1. The molecule has 1 aliphatic heterocycles. The van der Waals surface area contributed by atoms with Crippen molar-refractivity contribution in [2.24, 2.45) is 0 Å². The number of thiazole rings is 2. The van der Waals surface area contributed by atoms with Crippen LogP contribution >= 0.6 is 34.4 Å². The summed E-state index contributed by atoms with van der Waals surface area (Å²) in [6.45, 7) is 1.57. The number of hydrogen-bond acceptors (Lipinski definition) is 16. The highest BCUT2D eigenvalue weighted by Gasteiger charge is 2.29. The molecule has 0 bridgehead atoms. The van der Waals surface area contributed by atoms with E-state index in [1.165, 1.54) is 16.7 Å². The minimum Gasteiger partial charge on any atom is -0.361 e. The number of rotatable bonds is 15. The van der Waals surface area contributed by atoms with Gasteiger partial charge in [-0.2, -0.15) is 0 Å². The number of amides is 2. The van der Waals surface area contributed by atoms with Gasteiger partial charge in [-0.05, 0) is 68.9 Å². The summed E-state index contributed by atoms with van der Waals surface area (Å²) in [6, 6.07) is 17.8. The number of pyridine rings is 2. The van der Waals surface area contributed by atoms with E-state index in [1.54, 1.807) is 30.2 Å². The van der Waals surface area contributed by atoms with Gasteiger partial charge in [0.2, 0.25) is 5.82 Å². The largest absolute Gasteiger partial charge is 0.361 e. The fourth-order valence-electron chi connectivity index (χ4n) is 6.05. The molecule has 294 valence electrons. The Kier molecular flexibility index (Phi) is 12.0. The van der Waals surface area contributed by atoms with Gasteiger partial charge in [0.25, 0.3) is 21.8 Å². The van der Waals surface area contributed by atoms with E-state index in [4.69, 9.17) is 0 Å². The molecule has 20 heteroatoms. The molecule has 0 fully saturated rings. The van der Waals surface area contributed by atoms with Gasteiger partial charge in [0.05, 0.1) is 22.0 Å². The molecule has 1 atom stereocenters. The van der Waals surface area contributed by atoms with Crippen molar-refractivity contribution < 1.29 is 22.9 Å². The van der Waals surface area contributed by atoms with Gasteiger partial charge in [-0.1, -0.05) is 41.7 Å². The van der Waals surface area contributed by atoms with E-state index in [9.17, 15) is 28.1 Å². The Balaban J connectivity index is 1.02. The zero-order valence-corrected chi connectivity index (χ0v) is 33.9. The average Bonchev–Trinajstić information content (AvgIpc) is 3.86. The molecule has 1 aliphatic rings. The van der Waals surface area contributed by atoms with Gasteiger partial charge in [-0.25, -0.2) is 28.1 Å². The van der Waals surface area contributed by atoms with Crippen LogP contribution < -0.4 is 20.3 Å². The van der Waals surface area contributed by atoms with Crippen LogP contribution in [0, 0.1) is 10.1 Å². The van der Waals surface area contributed by atoms with E-state index >= 15 is 0 Å². The van der Waals surface area contributed by atoms with Gasteiger partial charge < -0.3 is 15.1 Å². The summed E-state index contributed by atoms with van der Waals surface area (Å²) in [5.41, 5.74) is 2.28. The first-order valence-electron chi connectivity index (χ1n) is 17.6. The molecule has 2 amide bonds. The standard InChI is InChI=1S/C37H36N10O6S4/c1-45(2)15-13-24(21-54-25-8-4-3-5-9-25)40-33-31(47(50)51)17-26(18-39-33)57(52,53)44-35(49)30-22-55-37(42-30)46-16-12-23-7-6-10-27(28(23)20-46)34(48)43-36-41-29-19-38-14-11-32(29)56-36/h3-11,14,17-19,22,24H,12-13,15-16,20-21H2,1-2H3,(H,39,40)(H,44,49)(H,41,43,48)/t24-/m1/s1. The molecule has 0 saturated heterocycles. The molecule has 16 nitrogen and oxygen atoms in total. The number of carbonyl (C=O) groups excluding carboxylic acids is 2. The van der Waals surface area contributed by atoms with Crippen molar-refractivity contribution in [3.8, 4) is 0 Å². The van der Waals surface area contributed by atoms with Gasteiger partial charge in [-0.3, -0.25) is 30.0 Å². The Morgan fingerprint density at radius 1 is 1.07 bits per heavy atom. The van der Waals surface area contributed by atoms with E-state index in [0.29, 0.717) is 59.6 Å². The molecule has 4 aromatic heterocycles. The Morgan fingerprint density at radius 3 is 2.67 bits per heavy atom. The number of thioether (sulfide) groups is 1. The van der Waals surface area contributed by atoms with E-state index in [-0.39, 0.29) is 23.5 Å². The van der Waals surface area contributed by atoms with Crippen molar-refractivity contribution >= 4 is 88.3 Å². The van der Waals surface area contributed by atoms with Gasteiger partial charge in [0.15, 0.2) is 10.3 Å². The van der Waals surface area contributed by atoms with Crippen LogP contribution in [-0.2, 0) is 23.0 Å². The van der Waals surface area contributed by atoms with Crippen LogP contribution in [-0.4, -0.2) is 89.0 Å². The Bertz CT molecular complexity index is 2520. The van der Waals surface area contributed by atoms with Gasteiger partial charge in [0, 0.05) is 53.0 Å². The minimum absolute atomic E-state index is 0.0788. The first-order valence-corrected chi connectivity index (χ1v) is 21.7. The second-order valence-electron chi connectivity index (χ2n) is 13.2. The molecule has 2 aromatic carbocycles. The number of hydrogen-bond donors (Lipinski definition) is 3. The fraction of sp³-hybridized carbons (Fsp3) is 0.243. The predicted octanol–water partition coefficient (Wildman–Crippen LogP) is 5.91. The molecule has 0 saturated carbocycles. The maximum absolute atomic E-state index is 13.4. The molecule has 3 N–H and O–H groups in total. The first-order chi connectivity index (χ1) is 27.4. The number of sulfonamides is 1. The summed E-state index contributed by atoms with van der Waals surface area (Å²) in [5.74, 6) is -0.820. The summed E-state index contributed by atoms with van der Waals surface area (Å²) in [5, 5.41) is 20.6. The lowest BCUT2D eigenvalue weighted by Gasteiger charge is -2.29. The van der Waals surface area contributed by atoms with E-state index < -0.39 is 31.4 Å². The van der Waals surface area contributed by atoms with Crippen molar-refractivity contribution in [1.82, 2.24) is 29.6 Å². The van der Waals surface area contributed by atoms with E-state index in [2.05, 4.69) is 30.6 Å². The topological polar surface area (TPSA) is 206 Å². The Hall–Kier alpha value is -5.54. The van der Waals surface area contributed by atoms with Crippen LogP contribution in [0.4, 0.5) is 21.8 Å². The van der Waals surface area contributed by atoms with Gasteiger partial charge in [-0.15, -0.1) is 23.1 Å². The minimum atomic E-state index is -4.59. The third-order valence-corrected chi connectivity index (χ3v) is 13.3. The maximum Gasteiger partial charge on any atom is 0.312 e. The van der Waals surface area contributed by atoms with Gasteiger partial charge >= 0.3 is 5.69 Å². The quantitative estimate of drug-likeness (QED) is 0.0625. The number of nitrogens with zero attached hydrogens (tertiary/aromatic N) is 7. The van der Waals surface area contributed by atoms with Crippen LogP contribution in [0.1, 0.15) is 38.4 Å². The summed E-state index contributed by atoms with van der Waals surface area (Å²) >= 11 is 4.09. The van der Waals surface area contributed by atoms with Crippen molar-refractivity contribution in [2.45, 2.75) is 35.2 Å². The molecule has 0 aliphatic carbocycles. The SMILES string of the molecule is CN(C)CC[C@H](CSc1ccccc1)Nc1ncc(S(=O)(=O)NC(=O)c2csc(N3CCc4cccc(C(=O)Nc5nc6cnccc6s5)c4C3)n2)cc1[N+](=O)[O-]. The van der Waals surface area contributed by atoms with E-state index in [1.807, 2.05) is 77.1 Å². The number of benzene rings is 2. The summed E-state index contributed by atoms with van der Waals surface area (Å²) in [6.07, 6.45) is 5.54. The number of nitro groups is 1. The van der Waals surface area contributed by atoms with Crippen molar-refractivity contribution in [2.75, 3.05) is 48.5 Å². The Morgan fingerprint density at radius 2 is 1.89 bits per heavy atom. The third-order valence-electron chi connectivity index (χ3n) is 8.96. The summed E-state index contributed by atoms with van der Waals surface area (Å²) in [7, 11) is -0.730. The predicted molar refractivity (Wildman–Crippen MR) is 222 cm³/mol. The molecule has 7 rings (SSSR count). The number of carbonyl (C=O) groups is 2. The maximum atomic E-state index is 13.4. The summed E-state index contributed by atoms with van der Waals surface area (Å²) < 4.78 is 29.7. The molecule has 57 heavy (non-hydrogen) atoms. The molecule has 0 radical (unpaired) electrons. The zero-order valence-electron chi connectivity index (χ0n) is 30.6. The molecular weight excluding hydrogens is 809 g/mol. The number of aromatic nitrogens is 4. The summed E-state index contributed by atoms with van der Waals surface area (Å²) in [4.78, 5) is 59.7. The third kappa shape index (κ3) is 9.54. The number of fused-ring (bicyclic) bond motifs is 2. The second kappa shape index (κ2) is 17.3. The highest BCUT2D eigenvalue weighted by Crippen LogP contribution is 2.32. The Labute approximate surface area is 340 Å². The lowest BCUT2D eigenvalue weighted by Crippen LogP contribution is -2.33. The van der Waals surface area contributed by atoms with Crippen LogP contribution in [0.5, 0.6) is 0 Å². The number of nitrogens with one attached hydrogen (secondary N) is 3. The highest BCUT2D eigenvalue weighted by molar-refractivity contribution is 7.99. The fourth-order valence-corrected chi connectivity index (χ4v) is 9.63.